The van der Waals surface area contributed by atoms with Gasteiger partial charge in [-0.1, -0.05) is 68.9 Å². The Hall–Kier alpha value is -1.24. The molecule has 0 radical (unpaired) electrons. The van der Waals surface area contributed by atoms with Crippen molar-refractivity contribution in [3.63, 3.8) is 0 Å². The van der Waals surface area contributed by atoms with Crippen molar-refractivity contribution in [2.75, 3.05) is 6.61 Å². The summed E-state index contributed by atoms with van der Waals surface area (Å²) in [7, 11) is 0. The van der Waals surface area contributed by atoms with Gasteiger partial charge in [0.25, 0.3) is 0 Å². The number of allylic oxidation sites excluding steroid dienone is 2. The van der Waals surface area contributed by atoms with Gasteiger partial charge in [0, 0.05) is 0 Å². The molecule has 1 aliphatic carbocycles. The Bertz CT molecular complexity index is 435. The quantitative estimate of drug-likeness (QED) is 0.318. The largest absolute Gasteiger partial charge is 0.494 e. The third-order valence-corrected chi connectivity index (χ3v) is 4.98. The highest BCUT2D eigenvalue weighted by Gasteiger charge is 2.13. The van der Waals surface area contributed by atoms with Crippen molar-refractivity contribution < 1.29 is 4.74 Å². The van der Waals surface area contributed by atoms with Crippen molar-refractivity contribution in [3.8, 4) is 5.75 Å². The molecule has 1 aromatic rings. The molecule has 0 fully saturated rings. The molecule has 0 amide bonds. The van der Waals surface area contributed by atoms with Crippen molar-refractivity contribution in [1.82, 2.24) is 0 Å². The number of unbranched alkanes of at least 4 members (excludes halogenated alkanes) is 4. The minimum atomic E-state index is 0.845. The topological polar surface area (TPSA) is 9.23 Å². The molecule has 0 aromatic heterocycles. The first-order valence-electron chi connectivity index (χ1n) is 9.74. The minimum Gasteiger partial charge on any atom is -0.494 e. The van der Waals surface area contributed by atoms with Crippen molar-refractivity contribution in [2.24, 2.45) is 5.92 Å². The Kier molecular flexibility index (Phi) is 8.91. The second kappa shape index (κ2) is 11.3. The fourth-order valence-corrected chi connectivity index (χ4v) is 3.45. The average Bonchev–Trinajstić information content (AvgIpc) is 2.60. The molecule has 0 saturated carbocycles. The third kappa shape index (κ3) is 7.72. The first kappa shape index (κ1) is 18.1. The van der Waals surface area contributed by atoms with Gasteiger partial charge in [0.2, 0.25) is 0 Å². The molecule has 0 aliphatic heterocycles. The van der Waals surface area contributed by atoms with Crippen LogP contribution in [-0.4, -0.2) is 6.61 Å². The van der Waals surface area contributed by atoms with E-state index in [2.05, 4.69) is 13.0 Å². The Balaban J connectivity index is 1.51. The summed E-state index contributed by atoms with van der Waals surface area (Å²) in [6.07, 6.45) is 17.5. The molecule has 0 bridgehead atoms. The van der Waals surface area contributed by atoms with Gasteiger partial charge in [-0.05, 0) is 56.6 Å². The van der Waals surface area contributed by atoms with Gasteiger partial charge < -0.3 is 4.74 Å². The lowest BCUT2D eigenvalue weighted by atomic mass is 9.84. The maximum Gasteiger partial charge on any atom is 0.119 e. The molecule has 1 nitrogen and oxygen atoms in total. The van der Waals surface area contributed by atoms with Crippen LogP contribution in [0.3, 0.4) is 0 Å². The summed E-state index contributed by atoms with van der Waals surface area (Å²) in [5.74, 6) is 1.97. The molecular weight excluding hydrogens is 280 g/mol. The van der Waals surface area contributed by atoms with E-state index >= 15 is 0 Å². The molecule has 23 heavy (non-hydrogen) atoms. The molecule has 1 unspecified atom stereocenters. The van der Waals surface area contributed by atoms with Crippen LogP contribution in [0.15, 0.2) is 42.0 Å². The van der Waals surface area contributed by atoms with Crippen LogP contribution in [0.4, 0.5) is 0 Å². The molecule has 1 aromatic carbocycles. The highest BCUT2D eigenvalue weighted by atomic mass is 16.5. The van der Waals surface area contributed by atoms with E-state index in [4.69, 9.17) is 4.74 Å². The van der Waals surface area contributed by atoms with Crippen LogP contribution in [0, 0.1) is 5.92 Å². The van der Waals surface area contributed by atoms with Crippen LogP contribution >= 0.6 is 0 Å². The Morgan fingerprint density at radius 2 is 1.87 bits per heavy atom. The monoisotopic (exact) mass is 314 g/mol. The van der Waals surface area contributed by atoms with Crippen LogP contribution in [0.5, 0.6) is 5.75 Å². The summed E-state index contributed by atoms with van der Waals surface area (Å²) in [5.41, 5.74) is 1.70. The summed E-state index contributed by atoms with van der Waals surface area (Å²) in [5, 5.41) is 0. The van der Waals surface area contributed by atoms with Crippen molar-refractivity contribution >= 4 is 0 Å². The number of hydrogen-bond donors (Lipinski definition) is 0. The first-order chi connectivity index (χ1) is 11.4. The highest BCUT2D eigenvalue weighted by molar-refractivity contribution is 5.20. The van der Waals surface area contributed by atoms with Crippen molar-refractivity contribution in [2.45, 2.75) is 77.6 Å². The standard InChI is InChI=1S/C22H34O/c1-2-3-4-6-11-20-15-17-21(18-16-20)12-9-10-19-23-22-13-7-5-8-14-22/h5,7-8,13-14,17,20H,2-4,6,9-12,15-16,18-19H2,1H3. The SMILES string of the molecule is CCCCCCC1CC=C(CCCCOc2ccccc2)CC1. The van der Waals surface area contributed by atoms with E-state index in [0.717, 1.165) is 24.7 Å². The number of para-hydroxylation sites is 1. The molecule has 1 atom stereocenters. The number of benzene rings is 1. The molecule has 2 rings (SSSR count). The molecule has 0 saturated heterocycles. The van der Waals surface area contributed by atoms with Crippen LogP contribution in [0.25, 0.3) is 0 Å². The van der Waals surface area contributed by atoms with E-state index < -0.39 is 0 Å². The minimum absolute atomic E-state index is 0.845. The molecule has 0 heterocycles. The zero-order valence-corrected chi connectivity index (χ0v) is 14.9. The molecule has 0 N–H and O–H groups in total. The maximum atomic E-state index is 5.76. The van der Waals surface area contributed by atoms with Gasteiger partial charge in [0.1, 0.15) is 5.75 Å². The molecule has 0 spiro atoms. The Labute approximate surface area is 143 Å². The highest BCUT2D eigenvalue weighted by Crippen LogP contribution is 2.30. The zero-order chi connectivity index (χ0) is 16.2. The first-order valence-corrected chi connectivity index (χ1v) is 9.74. The lowest BCUT2D eigenvalue weighted by Gasteiger charge is -2.22. The molecular formula is C22H34O. The van der Waals surface area contributed by atoms with Crippen LogP contribution < -0.4 is 4.74 Å². The number of rotatable bonds is 11. The zero-order valence-electron chi connectivity index (χ0n) is 14.9. The van der Waals surface area contributed by atoms with Gasteiger partial charge in [-0.25, -0.2) is 0 Å². The Morgan fingerprint density at radius 1 is 1.00 bits per heavy atom. The fraction of sp³-hybridized carbons (Fsp3) is 0.636. The van der Waals surface area contributed by atoms with Crippen LogP contribution in [0.1, 0.15) is 77.6 Å². The summed E-state index contributed by atoms with van der Waals surface area (Å²) in [4.78, 5) is 0. The van der Waals surface area contributed by atoms with Crippen molar-refractivity contribution in [3.05, 3.63) is 42.0 Å². The van der Waals surface area contributed by atoms with E-state index in [0.29, 0.717) is 0 Å². The summed E-state index contributed by atoms with van der Waals surface area (Å²) >= 11 is 0. The normalized spacial score (nSPS) is 17.8. The van der Waals surface area contributed by atoms with E-state index in [1.54, 1.807) is 5.57 Å². The second-order valence-corrected chi connectivity index (χ2v) is 6.97. The summed E-state index contributed by atoms with van der Waals surface area (Å²) < 4.78 is 5.76. The molecule has 128 valence electrons. The van der Waals surface area contributed by atoms with Gasteiger partial charge in [-0.3, -0.25) is 0 Å². The van der Waals surface area contributed by atoms with Crippen LogP contribution in [0.2, 0.25) is 0 Å². The Morgan fingerprint density at radius 3 is 2.61 bits per heavy atom. The van der Waals surface area contributed by atoms with Gasteiger partial charge >= 0.3 is 0 Å². The lowest BCUT2D eigenvalue weighted by molar-refractivity contribution is 0.306. The number of ether oxygens (including phenoxy) is 1. The molecule has 1 heteroatoms. The van der Waals surface area contributed by atoms with Gasteiger partial charge in [0.05, 0.1) is 6.61 Å². The van der Waals surface area contributed by atoms with E-state index in [-0.39, 0.29) is 0 Å². The van der Waals surface area contributed by atoms with Crippen molar-refractivity contribution in [1.29, 1.82) is 0 Å². The van der Waals surface area contributed by atoms with Gasteiger partial charge in [0.15, 0.2) is 0 Å². The average molecular weight is 315 g/mol. The summed E-state index contributed by atoms with van der Waals surface area (Å²) in [6, 6.07) is 10.1. The summed E-state index contributed by atoms with van der Waals surface area (Å²) in [6.45, 7) is 3.14. The maximum absolute atomic E-state index is 5.76. The van der Waals surface area contributed by atoms with E-state index in [1.165, 1.54) is 64.2 Å². The fourth-order valence-electron chi connectivity index (χ4n) is 3.45. The lowest BCUT2D eigenvalue weighted by Crippen LogP contribution is -2.06. The van der Waals surface area contributed by atoms with Gasteiger partial charge in [-0.2, -0.15) is 0 Å². The van der Waals surface area contributed by atoms with Crippen LogP contribution in [-0.2, 0) is 0 Å². The predicted octanol–water partition coefficient (Wildman–Crippen LogP) is 6.93. The third-order valence-electron chi connectivity index (χ3n) is 4.98. The van der Waals surface area contributed by atoms with Gasteiger partial charge in [-0.15, -0.1) is 0 Å². The smallest absolute Gasteiger partial charge is 0.119 e. The van der Waals surface area contributed by atoms with E-state index in [1.807, 2.05) is 30.3 Å². The number of hydrogen-bond acceptors (Lipinski definition) is 1. The molecule has 1 aliphatic rings. The predicted molar refractivity (Wildman–Crippen MR) is 100.0 cm³/mol. The van der Waals surface area contributed by atoms with E-state index in [9.17, 15) is 0 Å². The second-order valence-electron chi connectivity index (χ2n) is 6.97.